The van der Waals surface area contributed by atoms with Gasteiger partial charge in [-0.1, -0.05) is 50.3 Å². The first kappa shape index (κ1) is 12.0. The molecule has 17 heavy (non-hydrogen) atoms. The Morgan fingerprint density at radius 1 is 1.12 bits per heavy atom. The summed E-state index contributed by atoms with van der Waals surface area (Å²) < 4.78 is 0.658. The minimum absolute atomic E-state index is 0.658. The van der Waals surface area contributed by atoms with Crippen LogP contribution in [0.5, 0.6) is 0 Å². The number of hydrogen-bond donors (Lipinski definition) is 1. The maximum atomic E-state index is 4.97. The number of rotatable bonds is 3. The smallest absolute Gasteiger partial charge is 0.119 e. The van der Waals surface area contributed by atoms with E-state index in [2.05, 4.69) is 48.3 Å². The maximum absolute atomic E-state index is 4.97. The molecule has 0 radical (unpaired) electrons. The predicted molar refractivity (Wildman–Crippen MR) is 73.4 cm³/mol. The molecule has 0 aliphatic heterocycles. The molecular weight excluding hydrogens is 228 g/mol. The van der Waals surface area contributed by atoms with Crippen LogP contribution >= 0.6 is 12.2 Å². The van der Waals surface area contributed by atoms with E-state index in [0.29, 0.717) is 10.6 Å². The third kappa shape index (κ3) is 3.24. The van der Waals surface area contributed by atoms with E-state index in [-0.39, 0.29) is 0 Å². The highest BCUT2D eigenvalue weighted by atomic mass is 32.1. The number of aromatic nitrogens is 2. The summed E-state index contributed by atoms with van der Waals surface area (Å²) >= 11 is 4.97. The number of hydrogen-bond acceptors (Lipinski definition) is 2. The highest BCUT2D eigenvalue weighted by Gasteiger charge is 2.01. The monoisotopic (exact) mass is 244 g/mol. The molecule has 88 valence electrons. The Bertz CT molecular complexity index is 520. The van der Waals surface area contributed by atoms with Crippen LogP contribution < -0.4 is 0 Å². The largest absolute Gasteiger partial charge is 0.267 e. The van der Waals surface area contributed by atoms with Gasteiger partial charge in [-0.05, 0) is 30.0 Å². The summed E-state index contributed by atoms with van der Waals surface area (Å²) in [5.74, 6) is 0.687. The van der Waals surface area contributed by atoms with Crippen molar-refractivity contribution in [1.82, 2.24) is 10.2 Å². The number of nitrogens with one attached hydrogen (secondary N) is 1. The van der Waals surface area contributed by atoms with E-state index in [1.54, 1.807) is 0 Å². The summed E-state index contributed by atoms with van der Waals surface area (Å²) in [5, 5.41) is 7.02. The van der Waals surface area contributed by atoms with Gasteiger partial charge in [-0.3, -0.25) is 5.10 Å². The molecule has 0 spiro atoms. The fourth-order valence-corrected chi connectivity index (χ4v) is 1.90. The molecule has 0 aliphatic carbocycles. The molecule has 1 heterocycles. The van der Waals surface area contributed by atoms with Gasteiger partial charge in [-0.25, -0.2) is 0 Å². The molecule has 0 aliphatic rings. The Hall–Kier alpha value is -1.48. The molecule has 1 N–H and O–H groups in total. The molecule has 0 atom stereocenters. The normalized spacial score (nSPS) is 10.8. The van der Waals surface area contributed by atoms with Gasteiger partial charge in [-0.15, -0.1) is 0 Å². The van der Waals surface area contributed by atoms with E-state index in [0.717, 1.165) is 17.7 Å². The van der Waals surface area contributed by atoms with Crippen molar-refractivity contribution in [3.05, 3.63) is 46.6 Å². The topological polar surface area (TPSA) is 28.7 Å². The van der Waals surface area contributed by atoms with Gasteiger partial charge in [-0.2, -0.15) is 5.10 Å². The molecule has 1 aromatic heterocycles. The molecule has 2 aromatic rings. The fourth-order valence-electron chi connectivity index (χ4n) is 1.79. The highest BCUT2D eigenvalue weighted by Crippen LogP contribution is 2.17. The van der Waals surface area contributed by atoms with E-state index in [9.17, 15) is 0 Å². The number of benzene rings is 1. The lowest BCUT2D eigenvalue weighted by molar-refractivity contribution is 0.647. The third-order valence-electron chi connectivity index (χ3n) is 2.57. The van der Waals surface area contributed by atoms with E-state index < -0.39 is 0 Å². The van der Waals surface area contributed by atoms with Crippen LogP contribution in [0.15, 0.2) is 36.4 Å². The molecule has 2 rings (SSSR count). The first-order chi connectivity index (χ1) is 8.15. The van der Waals surface area contributed by atoms with Crippen LogP contribution in [-0.4, -0.2) is 10.2 Å². The zero-order chi connectivity index (χ0) is 12.3. The summed E-state index contributed by atoms with van der Waals surface area (Å²) in [6.45, 7) is 4.46. The Labute approximate surface area is 107 Å². The van der Waals surface area contributed by atoms with Gasteiger partial charge in [0.15, 0.2) is 0 Å². The van der Waals surface area contributed by atoms with E-state index in [1.807, 2.05) is 12.1 Å². The van der Waals surface area contributed by atoms with Crippen molar-refractivity contribution >= 4 is 12.2 Å². The first-order valence-corrected chi connectivity index (χ1v) is 6.21. The average molecular weight is 244 g/mol. The minimum atomic E-state index is 0.658. The molecule has 0 saturated heterocycles. The quantitative estimate of drug-likeness (QED) is 0.827. The molecule has 3 heteroatoms. The second-order valence-corrected chi connectivity index (χ2v) is 5.04. The van der Waals surface area contributed by atoms with E-state index >= 15 is 0 Å². The summed E-state index contributed by atoms with van der Waals surface area (Å²) in [5.41, 5.74) is 3.41. The lowest BCUT2D eigenvalue weighted by Crippen LogP contribution is -1.94. The van der Waals surface area contributed by atoms with Gasteiger partial charge in [0.05, 0.1) is 5.69 Å². The highest BCUT2D eigenvalue weighted by molar-refractivity contribution is 7.71. The van der Waals surface area contributed by atoms with Crippen LogP contribution in [0.4, 0.5) is 0 Å². The van der Waals surface area contributed by atoms with Crippen molar-refractivity contribution in [2.24, 2.45) is 5.92 Å². The van der Waals surface area contributed by atoms with Crippen LogP contribution in [-0.2, 0) is 6.42 Å². The number of H-pyrrole nitrogens is 1. The summed E-state index contributed by atoms with van der Waals surface area (Å²) in [7, 11) is 0. The fraction of sp³-hybridized carbons (Fsp3) is 0.286. The van der Waals surface area contributed by atoms with E-state index in [4.69, 9.17) is 12.2 Å². The van der Waals surface area contributed by atoms with Gasteiger partial charge in [0, 0.05) is 5.56 Å². The van der Waals surface area contributed by atoms with E-state index in [1.165, 1.54) is 5.56 Å². The van der Waals surface area contributed by atoms with Gasteiger partial charge >= 0.3 is 0 Å². The summed E-state index contributed by atoms with van der Waals surface area (Å²) in [6.07, 6.45) is 1.12. The van der Waals surface area contributed by atoms with Crippen molar-refractivity contribution in [2.45, 2.75) is 20.3 Å². The van der Waals surface area contributed by atoms with Crippen LogP contribution in [0.25, 0.3) is 11.3 Å². The maximum Gasteiger partial charge on any atom is 0.119 e. The minimum Gasteiger partial charge on any atom is -0.267 e. The number of aromatic amines is 1. The molecule has 0 amide bonds. The van der Waals surface area contributed by atoms with Crippen LogP contribution in [0, 0.1) is 10.6 Å². The zero-order valence-electron chi connectivity index (χ0n) is 10.1. The SMILES string of the molecule is CC(C)Cc1ccc(-c2ccc(=S)[nH]n2)cc1. The van der Waals surface area contributed by atoms with Crippen LogP contribution in [0.2, 0.25) is 0 Å². The Morgan fingerprint density at radius 2 is 1.82 bits per heavy atom. The number of nitrogens with zero attached hydrogens (tertiary/aromatic N) is 1. The van der Waals surface area contributed by atoms with Crippen molar-refractivity contribution in [3.63, 3.8) is 0 Å². The van der Waals surface area contributed by atoms with Crippen LogP contribution in [0.1, 0.15) is 19.4 Å². The first-order valence-electron chi connectivity index (χ1n) is 5.80. The second-order valence-electron chi connectivity index (χ2n) is 4.60. The third-order valence-corrected chi connectivity index (χ3v) is 2.80. The van der Waals surface area contributed by atoms with Crippen molar-refractivity contribution in [2.75, 3.05) is 0 Å². The Kier molecular flexibility index (Phi) is 3.69. The molecule has 0 fully saturated rings. The molecule has 0 bridgehead atoms. The van der Waals surface area contributed by atoms with Gasteiger partial charge < -0.3 is 0 Å². The van der Waals surface area contributed by atoms with Crippen LogP contribution in [0.3, 0.4) is 0 Å². The molecular formula is C14H16N2S. The van der Waals surface area contributed by atoms with Gasteiger partial charge in [0.1, 0.15) is 4.64 Å². The Balaban J connectivity index is 2.23. The van der Waals surface area contributed by atoms with Gasteiger partial charge in [0.2, 0.25) is 0 Å². The van der Waals surface area contributed by atoms with Crippen molar-refractivity contribution in [1.29, 1.82) is 0 Å². The second kappa shape index (κ2) is 5.23. The molecule has 1 aromatic carbocycles. The lowest BCUT2D eigenvalue weighted by atomic mass is 10.0. The zero-order valence-corrected chi connectivity index (χ0v) is 10.9. The summed E-state index contributed by atoms with van der Waals surface area (Å²) in [6, 6.07) is 12.3. The molecule has 0 saturated carbocycles. The lowest BCUT2D eigenvalue weighted by Gasteiger charge is -2.06. The standard InChI is InChI=1S/C14H16N2S/c1-10(2)9-11-3-5-12(6-4-11)13-7-8-14(17)16-15-13/h3-8,10H,9H2,1-2H3,(H,16,17). The predicted octanol–water partition coefficient (Wildman–Crippen LogP) is 4.00. The Morgan fingerprint density at radius 3 is 2.35 bits per heavy atom. The molecule has 2 nitrogen and oxygen atoms in total. The van der Waals surface area contributed by atoms with Crippen molar-refractivity contribution < 1.29 is 0 Å². The average Bonchev–Trinajstić information content (AvgIpc) is 2.30. The van der Waals surface area contributed by atoms with Crippen molar-refractivity contribution in [3.8, 4) is 11.3 Å². The molecule has 0 unspecified atom stereocenters. The summed E-state index contributed by atoms with van der Waals surface area (Å²) in [4.78, 5) is 0. The van der Waals surface area contributed by atoms with Gasteiger partial charge in [0.25, 0.3) is 0 Å².